The summed E-state index contributed by atoms with van der Waals surface area (Å²) in [7, 11) is 0. The predicted octanol–water partition coefficient (Wildman–Crippen LogP) is 2.75. The van der Waals surface area contributed by atoms with Gasteiger partial charge in [-0.2, -0.15) is 0 Å². The van der Waals surface area contributed by atoms with Gasteiger partial charge in [0.1, 0.15) is 17.3 Å². The summed E-state index contributed by atoms with van der Waals surface area (Å²) in [6.45, 7) is 3.42. The van der Waals surface area contributed by atoms with E-state index in [0.29, 0.717) is 28.4 Å². The molecule has 0 spiro atoms. The van der Waals surface area contributed by atoms with Crippen molar-refractivity contribution in [1.29, 1.82) is 0 Å². The van der Waals surface area contributed by atoms with E-state index in [0.717, 1.165) is 0 Å². The molecule has 3 aromatic rings. The van der Waals surface area contributed by atoms with Gasteiger partial charge in [0.2, 0.25) is 0 Å². The Labute approximate surface area is 132 Å². The van der Waals surface area contributed by atoms with Gasteiger partial charge in [0.25, 0.3) is 5.91 Å². The number of nitrogens with one attached hydrogen (secondary N) is 1. The van der Waals surface area contributed by atoms with Crippen molar-refractivity contribution in [3.05, 3.63) is 71.5 Å². The van der Waals surface area contributed by atoms with Crippen LogP contribution in [0.3, 0.4) is 0 Å². The highest BCUT2D eigenvalue weighted by Gasteiger charge is 2.36. The largest absolute Gasteiger partial charge is 0.472 e. The summed E-state index contributed by atoms with van der Waals surface area (Å²) in [6.07, 6.45) is 4.34. The summed E-state index contributed by atoms with van der Waals surface area (Å²) in [5.74, 6) is 1.18. The van der Waals surface area contributed by atoms with Crippen LogP contribution < -0.4 is 5.32 Å². The summed E-state index contributed by atoms with van der Waals surface area (Å²) >= 11 is 0. The number of hydrogen-bond donors (Lipinski definition) is 2. The van der Waals surface area contributed by atoms with Crippen LogP contribution in [-0.2, 0) is 5.60 Å². The summed E-state index contributed by atoms with van der Waals surface area (Å²) in [4.78, 5) is 12.3. The van der Waals surface area contributed by atoms with Crippen LogP contribution in [0.1, 0.15) is 33.2 Å². The number of carbonyl (C=O) groups is 1. The average Bonchev–Trinajstić information content (AvgIpc) is 3.26. The minimum Gasteiger partial charge on any atom is -0.472 e. The molecule has 0 unspecified atom stereocenters. The van der Waals surface area contributed by atoms with Crippen LogP contribution in [-0.4, -0.2) is 17.6 Å². The molecule has 6 heteroatoms. The first-order valence-electron chi connectivity index (χ1n) is 7.15. The van der Waals surface area contributed by atoms with Gasteiger partial charge in [-0.25, -0.2) is 0 Å². The minimum absolute atomic E-state index is 0.0669. The van der Waals surface area contributed by atoms with E-state index < -0.39 is 5.60 Å². The Morgan fingerprint density at radius 3 is 2.70 bits per heavy atom. The Morgan fingerprint density at radius 1 is 1.30 bits per heavy atom. The molecule has 0 saturated heterocycles. The average molecular weight is 315 g/mol. The van der Waals surface area contributed by atoms with Gasteiger partial charge in [-0.05, 0) is 38.1 Å². The number of furan rings is 3. The number of amides is 1. The first-order chi connectivity index (χ1) is 11.0. The number of carbonyl (C=O) groups excluding carboxylic acids is 1. The standard InChI is InChI=1S/C17H17NO5/c1-11-8-14(12(2)23-11)16(19)18-10-17(20,13-5-7-21-9-13)15-4-3-6-22-15/h3-9,20H,10H2,1-2H3,(H,18,19)/t17-/m0/s1. The lowest BCUT2D eigenvalue weighted by atomic mass is 9.93. The van der Waals surface area contributed by atoms with Crippen LogP contribution in [0.4, 0.5) is 0 Å². The molecule has 1 amide bonds. The predicted molar refractivity (Wildman–Crippen MR) is 80.9 cm³/mol. The van der Waals surface area contributed by atoms with E-state index in [1.54, 1.807) is 38.1 Å². The SMILES string of the molecule is Cc1cc(C(=O)NC[C@](O)(c2ccoc2)c2ccco2)c(C)o1. The molecule has 1 atom stereocenters. The van der Waals surface area contributed by atoms with Gasteiger partial charge in [-0.3, -0.25) is 4.79 Å². The van der Waals surface area contributed by atoms with E-state index in [4.69, 9.17) is 13.3 Å². The first-order valence-corrected chi connectivity index (χ1v) is 7.15. The third-order valence-electron chi connectivity index (χ3n) is 3.72. The van der Waals surface area contributed by atoms with Crippen molar-refractivity contribution < 1.29 is 23.2 Å². The molecule has 0 saturated carbocycles. The Morgan fingerprint density at radius 2 is 2.13 bits per heavy atom. The van der Waals surface area contributed by atoms with Crippen LogP contribution in [0.15, 0.2) is 56.3 Å². The van der Waals surface area contributed by atoms with Crippen molar-refractivity contribution >= 4 is 5.91 Å². The topological polar surface area (TPSA) is 88.8 Å². The van der Waals surface area contributed by atoms with E-state index in [1.165, 1.54) is 18.8 Å². The summed E-state index contributed by atoms with van der Waals surface area (Å²) in [6, 6.07) is 6.61. The molecule has 0 radical (unpaired) electrons. The van der Waals surface area contributed by atoms with Gasteiger partial charge in [0.15, 0.2) is 5.60 Å². The highest BCUT2D eigenvalue weighted by molar-refractivity contribution is 5.95. The summed E-state index contributed by atoms with van der Waals surface area (Å²) in [5.41, 5.74) is -0.580. The summed E-state index contributed by atoms with van der Waals surface area (Å²) < 4.78 is 15.7. The second-order valence-electron chi connectivity index (χ2n) is 5.36. The maximum atomic E-state index is 12.3. The van der Waals surface area contributed by atoms with Crippen molar-refractivity contribution in [2.75, 3.05) is 6.54 Å². The molecule has 3 aromatic heterocycles. The van der Waals surface area contributed by atoms with Crippen molar-refractivity contribution in [2.24, 2.45) is 0 Å². The zero-order chi connectivity index (χ0) is 16.4. The van der Waals surface area contributed by atoms with Crippen molar-refractivity contribution in [3.63, 3.8) is 0 Å². The zero-order valence-electron chi connectivity index (χ0n) is 12.8. The molecule has 0 aliphatic heterocycles. The van der Waals surface area contributed by atoms with Gasteiger partial charge in [0.05, 0.1) is 30.9 Å². The normalized spacial score (nSPS) is 13.7. The van der Waals surface area contributed by atoms with Crippen LogP contribution in [0, 0.1) is 13.8 Å². The van der Waals surface area contributed by atoms with Gasteiger partial charge in [0, 0.05) is 5.56 Å². The zero-order valence-corrected chi connectivity index (χ0v) is 12.8. The van der Waals surface area contributed by atoms with E-state index in [-0.39, 0.29) is 12.5 Å². The van der Waals surface area contributed by atoms with Gasteiger partial charge < -0.3 is 23.7 Å². The fourth-order valence-corrected chi connectivity index (χ4v) is 2.50. The molecular formula is C17H17NO5. The second-order valence-corrected chi connectivity index (χ2v) is 5.36. The van der Waals surface area contributed by atoms with Gasteiger partial charge >= 0.3 is 0 Å². The number of hydrogen-bond acceptors (Lipinski definition) is 5. The van der Waals surface area contributed by atoms with Crippen molar-refractivity contribution in [1.82, 2.24) is 5.32 Å². The number of rotatable bonds is 5. The van der Waals surface area contributed by atoms with Gasteiger partial charge in [-0.1, -0.05) is 0 Å². The van der Waals surface area contributed by atoms with E-state index in [9.17, 15) is 9.90 Å². The maximum Gasteiger partial charge on any atom is 0.254 e. The van der Waals surface area contributed by atoms with Crippen LogP contribution >= 0.6 is 0 Å². The molecule has 0 aliphatic rings. The van der Waals surface area contributed by atoms with Crippen LogP contribution in [0.5, 0.6) is 0 Å². The van der Waals surface area contributed by atoms with Crippen molar-refractivity contribution in [2.45, 2.75) is 19.4 Å². The quantitative estimate of drug-likeness (QED) is 0.755. The lowest BCUT2D eigenvalue weighted by Crippen LogP contribution is -2.41. The highest BCUT2D eigenvalue weighted by atomic mass is 16.4. The molecule has 2 N–H and O–H groups in total. The van der Waals surface area contributed by atoms with Crippen LogP contribution in [0.25, 0.3) is 0 Å². The molecule has 23 heavy (non-hydrogen) atoms. The van der Waals surface area contributed by atoms with Gasteiger partial charge in [-0.15, -0.1) is 0 Å². The molecule has 3 heterocycles. The maximum absolute atomic E-state index is 12.3. The first kappa shape index (κ1) is 15.2. The Kier molecular flexibility index (Phi) is 3.83. The molecule has 0 bridgehead atoms. The number of aryl methyl sites for hydroxylation is 2. The number of aliphatic hydroxyl groups is 1. The van der Waals surface area contributed by atoms with Crippen molar-refractivity contribution in [3.8, 4) is 0 Å². The molecule has 120 valence electrons. The Balaban J connectivity index is 1.83. The molecule has 0 aromatic carbocycles. The second kappa shape index (κ2) is 5.81. The smallest absolute Gasteiger partial charge is 0.254 e. The minimum atomic E-state index is -1.52. The molecule has 0 aliphatic carbocycles. The van der Waals surface area contributed by atoms with E-state index >= 15 is 0 Å². The Bertz CT molecular complexity index is 749. The fourth-order valence-electron chi connectivity index (χ4n) is 2.50. The molecule has 6 nitrogen and oxygen atoms in total. The highest BCUT2D eigenvalue weighted by Crippen LogP contribution is 2.30. The molecular weight excluding hydrogens is 298 g/mol. The van der Waals surface area contributed by atoms with E-state index in [2.05, 4.69) is 5.32 Å². The molecule has 0 fully saturated rings. The fraction of sp³-hybridized carbons (Fsp3) is 0.235. The van der Waals surface area contributed by atoms with Crippen LogP contribution in [0.2, 0.25) is 0 Å². The third kappa shape index (κ3) is 2.80. The summed E-state index contributed by atoms with van der Waals surface area (Å²) in [5, 5.41) is 13.7. The molecule has 3 rings (SSSR count). The lowest BCUT2D eigenvalue weighted by Gasteiger charge is -2.25. The Hall–Kier alpha value is -2.73. The third-order valence-corrected chi connectivity index (χ3v) is 3.72. The lowest BCUT2D eigenvalue weighted by molar-refractivity contribution is 0.0520. The van der Waals surface area contributed by atoms with E-state index in [1.807, 2.05) is 0 Å². The monoisotopic (exact) mass is 315 g/mol.